The fourth-order valence-corrected chi connectivity index (χ4v) is 4.57. The first-order chi connectivity index (χ1) is 16.7. The summed E-state index contributed by atoms with van der Waals surface area (Å²) in [6.07, 6.45) is 12.2. The van der Waals surface area contributed by atoms with Crippen molar-refractivity contribution in [1.82, 2.24) is 4.57 Å². The Hall–Kier alpha value is -2.02. The Labute approximate surface area is 213 Å². The van der Waals surface area contributed by atoms with Crippen molar-refractivity contribution in [1.29, 1.82) is 0 Å². The first-order valence-electron chi connectivity index (χ1n) is 14.4. The van der Waals surface area contributed by atoms with Crippen LogP contribution in [0.4, 0.5) is 0 Å². The minimum atomic E-state index is 0.929. The molecule has 0 amide bonds. The van der Waals surface area contributed by atoms with E-state index >= 15 is 0 Å². The Bertz CT molecular complexity index is 858. The number of aryl methyl sites for hydroxylation is 2. The molecule has 1 heterocycles. The maximum Gasteiger partial charge on any atom is 0.0488 e. The second-order valence-electron chi connectivity index (χ2n) is 8.39. The number of aromatic nitrogens is 1. The molecular weight excluding hydrogens is 410 g/mol. The average molecular weight is 466 g/mol. The maximum atomic E-state index is 2.40. The van der Waals surface area contributed by atoms with Crippen LogP contribution in [0.1, 0.15) is 112 Å². The van der Waals surface area contributed by atoms with Crippen molar-refractivity contribution in [2.24, 2.45) is 13.0 Å². The molecule has 1 nitrogen and oxygen atoms in total. The van der Waals surface area contributed by atoms with Crippen LogP contribution in [0.15, 0.2) is 54.6 Å². The zero-order chi connectivity index (χ0) is 25.8. The lowest BCUT2D eigenvalue weighted by Gasteiger charge is -2.16. The van der Waals surface area contributed by atoms with E-state index in [2.05, 4.69) is 80.1 Å². The van der Waals surface area contributed by atoms with E-state index in [-0.39, 0.29) is 0 Å². The van der Waals surface area contributed by atoms with Gasteiger partial charge in [-0.25, -0.2) is 0 Å². The molecule has 1 unspecified atom stereocenters. The molecule has 1 aromatic heterocycles. The summed E-state index contributed by atoms with van der Waals surface area (Å²) >= 11 is 0. The van der Waals surface area contributed by atoms with Crippen molar-refractivity contribution in [3.05, 3.63) is 60.2 Å². The van der Waals surface area contributed by atoms with E-state index in [0.717, 1.165) is 5.92 Å². The molecule has 3 aromatic rings. The van der Waals surface area contributed by atoms with Crippen LogP contribution in [0.3, 0.4) is 0 Å². The summed E-state index contributed by atoms with van der Waals surface area (Å²) in [5.74, 6) is 0.929. The van der Waals surface area contributed by atoms with E-state index < -0.39 is 0 Å². The highest BCUT2D eigenvalue weighted by molar-refractivity contribution is 5.86. The van der Waals surface area contributed by atoms with E-state index in [1.807, 2.05) is 41.5 Å². The van der Waals surface area contributed by atoms with Crippen LogP contribution in [0.5, 0.6) is 0 Å². The number of unbranched alkanes of at least 4 members (excludes halogenated alkanes) is 2. The third-order valence-corrected chi connectivity index (χ3v) is 6.17. The molecule has 0 aliphatic heterocycles. The molecule has 0 N–H and O–H groups in total. The lowest BCUT2D eigenvalue weighted by Crippen LogP contribution is -2.01. The minimum absolute atomic E-state index is 0.929. The summed E-state index contributed by atoms with van der Waals surface area (Å²) in [7, 11) is 2.18. The second kappa shape index (κ2) is 20.4. The molecule has 0 saturated carbocycles. The van der Waals surface area contributed by atoms with Gasteiger partial charge in [-0.3, -0.25) is 0 Å². The number of fused-ring (bicyclic) bond motifs is 1. The molecule has 0 aliphatic carbocycles. The van der Waals surface area contributed by atoms with Crippen molar-refractivity contribution in [3.63, 3.8) is 0 Å². The summed E-state index contributed by atoms with van der Waals surface area (Å²) in [6, 6.07) is 20.2. The van der Waals surface area contributed by atoms with Gasteiger partial charge in [-0.15, -0.1) is 0 Å². The van der Waals surface area contributed by atoms with E-state index in [0.29, 0.717) is 0 Å². The SMILES string of the molecule is CC.CC.CC.CCCCCC(CCC)CCCc1cccc(-c2cc3ccccc3n2C)c1. The normalized spacial score (nSPS) is 10.9. The lowest BCUT2D eigenvalue weighted by molar-refractivity contribution is 0.388. The molecule has 0 spiro atoms. The van der Waals surface area contributed by atoms with Crippen LogP contribution in [-0.2, 0) is 13.5 Å². The van der Waals surface area contributed by atoms with Gasteiger partial charge in [0, 0.05) is 23.6 Å². The number of rotatable bonds is 11. The van der Waals surface area contributed by atoms with Crippen LogP contribution in [0.2, 0.25) is 0 Å². The monoisotopic (exact) mass is 465 g/mol. The summed E-state index contributed by atoms with van der Waals surface area (Å²) in [5.41, 5.74) is 5.43. The summed E-state index contributed by atoms with van der Waals surface area (Å²) in [6.45, 7) is 16.6. The van der Waals surface area contributed by atoms with Crippen molar-refractivity contribution in [2.45, 2.75) is 113 Å². The number of benzene rings is 2. The largest absolute Gasteiger partial charge is 0.344 e. The van der Waals surface area contributed by atoms with Gasteiger partial charge in [-0.2, -0.15) is 0 Å². The highest BCUT2D eigenvalue weighted by Crippen LogP contribution is 2.28. The Kier molecular flexibility index (Phi) is 19.2. The molecule has 0 fully saturated rings. The molecule has 1 atom stereocenters. The van der Waals surface area contributed by atoms with E-state index in [1.54, 1.807) is 0 Å². The van der Waals surface area contributed by atoms with Crippen LogP contribution in [0.25, 0.3) is 22.2 Å². The predicted molar refractivity (Wildman–Crippen MR) is 158 cm³/mol. The van der Waals surface area contributed by atoms with Gasteiger partial charge in [0.25, 0.3) is 0 Å². The smallest absolute Gasteiger partial charge is 0.0488 e. The number of hydrogen-bond acceptors (Lipinski definition) is 0. The average Bonchev–Trinajstić information content (AvgIpc) is 3.24. The predicted octanol–water partition coefficient (Wildman–Crippen LogP) is 11.2. The fraction of sp³-hybridized carbons (Fsp3) is 0.576. The summed E-state index contributed by atoms with van der Waals surface area (Å²) in [4.78, 5) is 0. The van der Waals surface area contributed by atoms with Gasteiger partial charge in [-0.1, -0.05) is 137 Å². The van der Waals surface area contributed by atoms with Crippen LogP contribution in [-0.4, -0.2) is 4.57 Å². The molecule has 3 rings (SSSR count). The molecular formula is C33H55N. The second-order valence-corrected chi connectivity index (χ2v) is 8.39. The Morgan fingerprint density at radius 2 is 1.35 bits per heavy atom. The Morgan fingerprint density at radius 1 is 0.676 bits per heavy atom. The van der Waals surface area contributed by atoms with E-state index in [1.165, 1.54) is 85.5 Å². The molecule has 0 saturated heterocycles. The first kappa shape index (κ1) is 32.0. The standard InChI is InChI=1S/C27H37N.3C2H6/c1-4-6-7-13-22(12-5-2)14-10-15-23-16-11-18-24(20-23)27-21-25-17-8-9-19-26(25)28(27)3;3*1-2/h8-9,11,16-22H,4-7,10,12-15H2,1-3H3;3*1-2H3. The van der Waals surface area contributed by atoms with Gasteiger partial charge in [-0.05, 0) is 48.1 Å². The van der Waals surface area contributed by atoms with Crippen molar-refractivity contribution >= 4 is 10.9 Å². The summed E-state index contributed by atoms with van der Waals surface area (Å²) in [5, 5.41) is 1.32. The van der Waals surface area contributed by atoms with Gasteiger partial charge in [0.1, 0.15) is 0 Å². The van der Waals surface area contributed by atoms with Crippen LogP contribution >= 0.6 is 0 Å². The first-order valence-corrected chi connectivity index (χ1v) is 14.4. The van der Waals surface area contributed by atoms with Crippen LogP contribution < -0.4 is 0 Å². The van der Waals surface area contributed by atoms with Crippen LogP contribution in [0, 0.1) is 5.92 Å². The minimum Gasteiger partial charge on any atom is -0.344 e. The van der Waals surface area contributed by atoms with Gasteiger partial charge in [0.15, 0.2) is 0 Å². The number of hydrogen-bond donors (Lipinski definition) is 0. The molecule has 0 bridgehead atoms. The van der Waals surface area contributed by atoms with Crippen molar-refractivity contribution in [3.8, 4) is 11.3 Å². The highest BCUT2D eigenvalue weighted by Gasteiger charge is 2.10. The Morgan fingerprint density at radius 3 is 2.00 bits per heavy atom. The summed E-state index contributed by atoms with van der Waals surface area (Å²) < 4.78 is 2.32. The van der Waals surface area contributed by atoms with E-state index in [4.69, 9.17) is 0 Å². The zero-order valence-electron chi connectivity index (χ0n) is 24.1. The molecule has 1 heteroatoms. The molecule has 2 aromatic carbocycles. The fourth-order valence-electron chi connectivity index (χ4n) is 4.57. The maximum absolute atomic E-state index is 2.40. The quantitative estimate of drug-likeness (QED) is 0.248. The lowest BCUT2D eigenvalue weighted by atomic mass is 9.90. The molecule has 192 valence electrons. The van der Waals surface area contributed by atoms with Crippen molar-refractivity contribution < 1.29 is 0 Å². The molecule has 34 heavy (non-hydrogen) atoms. The van der Waals surface area contributed by atoms with E-state index in [9.17, 15) is 0 Å². The van der Waals surface area contributed by atoms with Crippen molar-refractivity contribution in [2.75, 3.05) is 0 Å². The molecule has 0 radical (unpaired) electrons. The van der Waals surface area contributed by atoms with Gasteiger partial charge in [0.2, 0.25) is 0 Å². The zero-order valence-corrected chi connectivity index (χ0v) is 24.1. The third-order valence-electron chi connectivity index (χ3n) is 6.17. The van der Waals surface area contributed by atoms with Gasteiger partial charge >= 0.3 is 0 Å². The number of para-hydroxylation sites is 1. The molecule has 0 aliphatic rings. The third kappa shape index (κ3) is 10.5. The topological polar surface area (TPSA) is 4.93 Å². The Balaban J connectivity index is 0.00000168. The highest BCUT2D eigenvalue weighted by atomic mass is 14.9. The van der Waals surface area contributed by atoms with Gasteiger partial charge in [0.05, 0.1) is 0 Å². The number of nitrogens with zero attached hydrogens (tertiary/aromatic N) is 1. The van der Waals surface area contributed by atoms with Gasteiger partial charge < -0.3 is 4.57 Å².